The summed E-state index contributed by atoms with van der Waals surface area (Å²) in [7, 11) is -3.70. The van der Waals surface area contributed by atoms with Crippen LogP contribution in [0.5, 0.6) is 0 Å². The molecule has 0 saturated carbocycles. The quantitative estimate of drug-likeness (QED) is 0.816. The maximum atomic E-state index is 12.3. The first-order valence-electron chi connectivity index (χ1n) is 6.26. The van der Waals surface area contributed by atoms with Crippen LogP contribution >= 0.6 is 22.9 Å². The maximum Gasteiger partial charge on any atom is 0.242 e. The Hall–Kier alpha value is -1.15. The van der Waals surface area contributed by atoms with Crippen LogP contribution in [0.15, 0.2) is 28.6 Å². The topological polar surface area (TPSA) is 85.1 Å². The Morgan fingerprint density at radius 3 is 2.81 bits per heavy atom. The highest BCUT2D eigenvalue weighted by Crippen LogP contribution is 2.27. The van der Waals surface area contributed by atoms with Crippen molar-refractivity contribution in [3.63, 3.8) is 0 Å². The van der Waals surface area contributed by atoms with Gasteiger partial charge in [0.2, 0.25) is 10.0 Å². The molecule has 2 rings (SSSR count). The van der Waals surface area contributed by atoms with Crippen molar-refractivity contribution in [3.05, 3.63) is 39.3 Å². The van der Waals surface area contributed by atoms with Crippen LogP contribution in [0.4, 0.5) is 5.69 Å². The third-order valence-corrected chi connectivity index (χ3v) is 5.96. The van der Waals surface area contributed by atoms with Gasteiger partial charge in [-0.15, -0.1) is 11.3 Å². The lowest BCUT2D eigenvalue weighted by Crippen LogP contribution is -2.28. The molecule has 1 aromatic heterocycles. The minimum absolute atomic E-state index is 0.00129. The summed E-state index contributed by atoms with van der Waals surface area (Å²) < 4.78 is 27.2. The van der Waals surface area contributed by atoms with E-state index in [2.05, 4.69) is 9.71 Å². The van der Waals surface area contributed by atoms with Crippen LogP contribution in [0.3, 0.4) is 0 Å². The highest BCUT2D eigenvalue weighted by Gasteiger charge is 2.20. The molecule has 0 spiro atoms. The van der Waals surface area contributed by atoms with Crippen LogP contribution in [-0.2, 0) is 10.0 Å². The van der Waals surface area contributed by atoms with Gasteiger partial charge in [-0.1, -0.05) is 18.5 Å². The Bertz CT molecular complexity index is 730. The van der Waals surface area contributed by atoms with E-state index < -0.39 is 10.0 Å². The minimum atomic E-state index is -3.70. The smallest absolute Gasteiger partial charge is 0.242 e. The van der Waals surface area contributed by atoms with E-state index in [-0.39, 0.29) is 22.4 Å². The Labute approximate surface area is 133 Å². The lowest BCUT2D eigenvalue weighted by molar-refractivity contribution is 0.574. The number of thiazole rings is 1. The molecule has 0 aliphatic carbocycles. The summed E-state index contributed by atoms with van der Waals surface area (Å²) in [6.07, 6.45) is 1.70. The lowest BCUT2D eigenvalue weighted by Gasteiger charge is -2.13. The summed E-state index contributed by atoms with van der Waals surface area (Å²) in [6, 6.07) is 2.93. The second kappa shape index (κ2) is 6.31. The molecule has 114 valence electrons. The first-order chi connectivity index (χ1) is 9.81. The molecule has 1 aromatic carbocycles. The Balaban J connectivity index is 2.17. The Kier molecular flexibility index (Phi) is 4.88. The van der Waals surface area contributed by atoms with Crippen molar-refractivity contribution in [3.8, 4) is 0 Å². The van der Waals surface area contributed by atoms with Crippen LogP contribution < -0.4 is 10.5 Å². The van der Waals surface area contributed by atoms with E-state index in [1.807, 2.05) is 12.3 Å². The van der Waals surface area contributed by atoms with Gasteiger partial charge in [-0.2, -0.15) is 0 Å². The average molecular weight is 346 g/mol. The van der Waals surface area contributed by atoms with Crippen molar-refractivity contribution >= 4 is 38.6 Å². The number of halogens is 1. The number of anilines is 1. The van der Waals surface area contributed by atoms with Gasteiger partial charge in [-0.25, -0.2) is 18.1 Å². The van der Waals surface area contributed by atoms with Gasteiger partial charge in [0.15, 0.2) is 0 Å². The SMILES string of the molecule is Cc1cc(Cl)c(S(=O)(=O)NCC(C)c2nccs2)cc1N. The summed E-state index contributed by atoms with van der Waals surface area (Å²) in [5.74, 6) is -0.0126. The van der Waals surface area contributed by atoms with Crippen molar-refractivity contribution in [2.75, 3.05) is 12.3 Å². The fourth-order valence-electron chi connectivity index (χ4n) is 1.75. The highest BCUT2D eigenvalue weighted by molar-refractivity contribution is 7.89. The minimum Gasteiger partial charge on any atom is -0.398 e. The molecule has 21 heavy (non-hydrogen) atoms. The van der Waals surface area contributed by atoms with Gasteiger partial charge >= 0.3 is 0 Å². The van der Waals surface area contributed by atoms with E-state index >= 15 is 0 Å². The van der Waals surface area contributed by atoms with Gasteiger partial charge < -0.3 is 5.73 Å². The molecule has 2 aromatic rings. The fourth-order valence-corrected chi connectivity index (χ4v) is 4.20. The lowest BCUT2D eigenvalue weighted by atomic mass is 10.2. The molecule has 1 atom stereocenters. The molecule has 0 radical (unpaired) electrons. The molecule has 0 bridgehead atoms. The molecule has 3 N–H and O–H groups in total. The number of nitrogen functional groups attached to an aromatic ring is 1. The molecule has 1 heterocycles. The largest absolute Gasteiger partial charge is 0.398 e. The van der Waals surface area contributed by atoms with Gasteiger partial charge in [0.05, 0.1) is 10.0 Å². The second-order valence-electron chi connectivity index (χ2n) is 4.76. The van der Waals surface area contributed by atoms with Crippen LogP contribution in [0.1, 0.15) is 23.4 Å². The summed E-state index contributed by atoms with van der Waals surface area (Å²) in [5.41, 5.74) is 6.90. The van der Waals surface area contributed by atoms with Crippen LogP contribution in [-0.4, -0.2) is 19.9 Å². The number of nitrogens with two attached hydrogens (primary N) is 1. The van der Waals surface area contributed by atoms with Crippen LogP contribution in [0.2, 0.25) is 5.02 Å². The van der Waals surface area contributed by atoms with E-state index in [1.165, 1.54) is 17.4 Å². The summed E-state index contributed by atoms with van der Waals surface area (Å²) in [6.45, 7) is 3.93. The number of rotatable bonds is 5. The standard InChI is InChI=1S/C13H16ClN3O2S2/c1-8-5-10(14)12(6-11(8)15)21(18,19)17-7-9(2)13-16-3-4-20-13/h3-6,9,17H,7,15H2,1-2H3. The molecule has 0 aliphatic rings. The third-order valence-electron chi connectivity index (χ3n) is 3.06. The third kappa shape index (κ3) is 3.74. The Morgan fingerprint density at radius 2 is 2.19 bits per heavy atom. The monoisotopic (exact) mass is 345 g/mol. The zero-order valence-corrected chi connectivity index (χ0v) is 14.0. The molecular weight excluding hydrogens is 330 g/mol. The highest BCUT2D eigenvalue weighted by atomic mass is 35.5. The van der Waals surface area contributed by atoms with E-state index in [0.29, 0.717) is 5.69 Å². The van der Waals surface area contributed by atoms with Crippen LogP contribution in [0.25, 0.3) is 0 Å². The second-order valence-corrected chi connectivity index (χ2v) is 7.83. The molecule has 5 nitrogen and oxygen atoms in total. The molecule has 0 fully saturated rings. The number of nitrogens with one attached hydrogen (secondary N) is 1. The molecule has 0 aliphatic heterocycles. The summed E-state index contributed by atoms with van der Waals surface area (Å²) in [4.78, 5) is 4.17. The predicted octanol–water partition coefficient (Wildman–Crippen LogP) is 2.77. The van der Waals surface area contributed by atoms with Crippen LogP contribution in [0, 0.1) is 6.92 Å². The van der Waals surface area contributed by atoms with Crippen molar-refractivity contribution in [2.45, 2.75) is 24.7 Å². The van der Waals surface area contributed by atoms with Gasteiger partial charge in [0, 0.05) is 29.7 Å². The summed E-state index contributed by atoms with van der Waals surface area (Å²) >= 11 is 7.51. The number of hydrogen-bond donors (Lipinski definition) is 2. The van der Waals surface area contributed by atoms with Crippen molar-refractivity contribution in [1.29, 1.82) is 0 Å². The predicted molar refractivity (Wildman–Crippen MR) is 86.3 cm³/mol. The zero-order valence-electron chi connectivity index (χ0n) is 11.6. The molecule has 8 heteroatoms. The van der Waals surface area contributed by atoms with Crippen molar-refractivity contribution in [1.82, 2.24) is 9.71 Å². The number of benzene rings is 1. The van der Waals surface area contributed by atoms with E-state index in [1.54, 1.807) is 19.2 Å². The Morgan fingerprint density at radius 1 is 1.48 bits per heavy atom. The van der Waals surface area contributed by atoms with Gasteiger partial charge in [0.25, 0.3) is 0 Å². The normalized spacial score (nSPS) is 13.3. The maximum absolute atomic E-state index is 12.3. The van der Waals surface area contributed by atoms with E-state index in [4.69, 9.17) is 17.3 Å². The first kappa shape index (κ1) is 16.2. The number of nitrogens with zero attached hydrogens (tertiary/aromatic N) is 1. The number of hydrogen-bond acceptors (Lipinski definition) is 5. The fraction of sp³-hybridized carbons (Fsp3) is 0.308. The molecule has 1 unspecified atom stereocenters. The number of aromatic nitrogens is 1. The average Bonchev–Trinajstić information content (AvgIpc) is 2.94. The van der Waals surface area contributed by atoms with Crippen molar-refractivity contribution < 1.29 is 8.42 Å². The molecule has 0 amide bonds. The molecular formula is C13H16ClN3O2S2. The van der Waals surface area contributed by atoms with E-state index in [0.717, 1.165) is 10.6 Å². The zero-order chi connectivity index (χ0) is 15.6. The van der Waals surface area contributed by atoms with Gasteiger partial charge in [-0.05, 0) is 24.6 Å². The first-order valence-corrected chi connectivity index (χ1v) is 9.00. The van der Waals surface area contributed by atoms with E-state index in [9.17, 15) is 8.42 Å². The van der Waals surface area contributed by atoms with Gasteiger partial charge in [-0.3, -0.25) is 0 Å². The van der Waals surface area contributed by atoms with Crippen molar-refractivity contribution in [2.24, 2.45) is 0 Å². The summed E-state index contributed by atoms with van der Waals surface area (Å²) in [5, 5.41) is 2.90. The van der Waals surface area contributed by atoms with Gasteiger partial charge in [0.1, 0.15) is 4.90 Å². The number of sulfonamides is 1. The number of aryl methyl sites for hydroxylation is 1. The molecule has 0 saturated heterocycles.